The zero-order valence-corrected chi connectivity index (χ0v) is 11.9. The number of anilines is 1. The average Bonchev–Trinajstić information content (AvgIpc) is 2.95. The Bertz CT molecular complexity index is 600. The van der Waals surface area contributed by atoms with Crippen LogP contribution in [0.1, 0.15) is 44.6 Å². The van der Waals surface area contributed by atoms with Crippen molar-refractivity contribution in [1.82, 2.24) is 10.1 Å². The number of nitrogens with zero attached hydrogens (tertiary/aromatic N) is 2. The van der Waals surface area contributed by atoms with Crippen molar-refractivity contribution >= 4 is 5.95 Å². The highest BCUT2D eigenvalue weighted by atomic mass is 19.1. The van der Waals surface area contributed by atoms with Crippen molar-refractivity contribution in [3.63, 3.8) is 0 Å². The van der Waals surface area contributed by atoms with Gasteiger partial charge < -0.3 is 9.84 Å². The van der Waals surface area contributed by atoms with E-state index in [2.05, 4.69) is 15.5 Å². The third-order valence-corrected chi connectivity index (χ3v) is 3.47. The van der Waals surface area contributed by atoms with Crippen LogP contribution < -0.4 is 5.32 Å². The smallest absolute Gasteiger partial charge is 0.263 e. The molecule has 0 aliphatic heterocycles. The molecular formula is C15H18FN3O. The predicted octanol–water partition coefficient (Wildman–Crippen LogP) is 3.47. The van der Waals surface area contributed by atoms with Crippen LogP contribution in [0.5, 0.6) is 0 Å². The lowest BCUT2D eigenvalue weighted by Crippen LogP contribution is -2.12. The Labute approximate surface area is 117 Å². The normalized spacial score (nSPS) is 21.8. The molecule has 0 saturated heterocycles. The second kappa shape index (κ2) is 4.58. The molecule has 2 atom stereocenters. The minimum atomic E-state index is -0.202. The molecule has 1 saturated carbocycles. The van der Waals surface area contributed by atoms with Gasteiger partial charge in [0.05, 0.1) is 0 Å². The minimum absolute atomic E-state index is 0.146. The van der Waals surface area contributed by atoms with E-state index < -0.39 is 0 Å². The molecule has 1 aromatic carbocycles. The Morgan fingerprint density at radius 3 is 2.55 bits per heavy atom. The van der Waals surface area contributed by atoms with Crippen LogP contribution in [0.15, 0.2) is 28.8 Å². The van der Waals surface area contributed by atoms with E-state index in [1.807, 2.05) is 32.9 Å². The van der Waals surface area contributed by atoms with Crippen LogP contribution in [0.3, 0.4) is 0 Å². The van der Waals surface area contributed by atoms with E-state index >= 15 is 0 Å². The average molecular weight is 275 g/mol. The number of rotatable bonds is 3. The summed E-state index contributed by atoms with van der Waals surface area (Å²) in [5.74, 6) is 1.35. The first-order valence-electron chi connectivity index (χ1n) is 6.80. The first-order chi connectivity index (χ1) is 9.43. The van der Waals surface area contributed by atoms with Gasteiger partial charge in [-0.1, -0.05) is 32.9 Å². The molecular weight excluding hydrogens is 257 g/mol. The topological polar surface area (TPSA) is 51.0 Å². The van der Waals surface area contributed by atoms with Crippen molar-refractivity contribution < 1.29 is 8.91 Å². The van der Waals surface area contributed by atoms with Gasteiger partial charge in [0, 0.05) is 17.4 Å². The lowest BCUT2D eigenvalue weighted by atomic mass is 9.97. The number of nitrogens with one attached hydrogen (secondary N) is 1. The molecule has 4 nitrogen and oxygen atoms in total. The van der Waals surface area contributed by atoms with Gasteiger partial charge in [0.15, 0.2) is 0 Å². The van der Waals surface area contributed by atoms with Crippen LogP contribution in [0.2, 0.25) is 0 Å². The summed E-state index contributed by atoms with van der Waals surface area (Å²) in [6.45, 7) is 6.09. The van der Waals surface area contributed by atoms with Gasteiger partial charge in [-0.3, -0.25) is 0 Å². The minimum Gasteiger partial charge on any atom is -0.348 e. The molecule has 0 spiro atoms. The highest BCUT2D eigenvalue weighted by molar-refractivity contribution is 5.36. The van der Waals surface area contributed by atoms with Gasteiger partial charge in [0.25, 0.3) is 5.95 Å². The number of benzene rings is 1. The van der Waals surface area contributed by atoms with Crippen LogP contribution in [-0.2, 0) is 5.41 Å². The van der Waals surface area contributed by atoms with E-state index in [-0.39, 0.29) is 11.2 Å². The van der Waals surface area contributed by atoms with Crippen LogP contribution in [-0.4, -0.2) is 16.2 Å². The lowest BCUT2D eigenvalue weighted by molar-refractivity contribution is 0.321. The maximum atomic E-state index is 12.9. The molecule has 1 aliphatic rings. The van der Waals surface area contributed by atoms with Gasteiger partial charge in [-0.05, 0) is 29.3 Å². The summed E-state index contributed by atoms with van der Waals surface area (Å²) in [4.78, 5) is 4.36. The van der Waals surface area contributed by atoms with E-state index in [9.17, 15) is 4.39 Å². The molecule has 0 unspecified atom stereocenters. The summed E-state index contributed by atoms with van der Waals surface area (Å²) in [5.41, 5.74) is 0.996. The van der Waals surface area contributed by atoms with E-state index in [1.165, 1.54) is 12.1 Å². The van der Waals surface area contributed by atoms with E-state index in [1.54, 1.807) is 0 Å². The quantitative estimate of drug-likeness (QED) is 0.931. The first kappa shape index (κ1) is 13.1. The third kappa shape index (κ3) is 2.66. The second-order valence-electron chi connectivity index (χ2n) is 6.32. The van der Waals surface area contributed by atoms with Crippen molar-refractivity contribution in [2.45, 2.75) is 44.6 Å². The second-order valence-corrected chi connectivity index (χ2v) is 6.32. The van der Waals surface area contributed by atoms with Crippen LogP contribution >= 0.6 is 0 Å². The molecule has 20 heavy (non-hydrogen) atoms. The van der Waals surface area contributed by atoms with E-state index in [4.69, 9.17) is 4.52 Å². The maximum Gasteiger partial charge on any atom is 0.263 e. The number of halogens is 1. The SMILES string of the molecule is CC(C)(C)c1nc(N[C@@H]2C[C@H]2c2ccc(F)cc2)no1. The van der Waals surface area contributed by atoms with Gasteiger partial charge in [0.2, 0.25) is 5.89 Å². The molecule has 0 radical (unpaired) electrons. The fourth-order valence-electron chi connectivity index (χ4n) is 2.19. The molecule has 0 amide bonds. The van der Waals surface area contributed by atoms with Gasteiger partial charge >= 0.3 is 0 Å². The van der Waals surface area contributed by atoms with Gasteiger partial charge in [-0.25, -0.2) is 4.39 Å². The zero-order chi connectivity index (χ0) is 14.3. The van der Waals surface area contributed by atoms with Crippen LogP contribution in [0, 0.1) is 5.82 Å². The highest BCUT2D eigenvalue weighted by Crippen LogP contribution is 2.42. The van der Waals surface area contributed by atoms with Crippen molar-refractivity contribution in [2.75, 3.05) is 5.32 Å². The van der Waals surface area contributed by atoms with E-state index in [0.717, 1.165) is 12.0 Å². The summed E-state index contributed by atoms with van der Waals surface area (Å²) >= 11 is 0. The molecule has 1 aromatic heterocycles. The summed E-state index contributed by atoms with van der Waals surface area (Å²) in [6, 6.07) is 6.95. The zero-order valence-electron chi connectivity index (χ0n) is 11.9. The Balaban J connectivity index is 1.63. The highest BCUT2D eigenvalue weighted by Gasteiger charge is 2.39. The van der Waals surface area contributed by atoms with Crippen molar-refractivity contribution in [1.29, 1.82) is 0 Å². The number of hydrogen-bond acceptors (Lipinski definition) is 4. The Kier molecular flexibility index (Phi) is 3.00. The molecule has 1 aliphatic carbocycles. The Morgan fingerprint density at radius 2 is 1.95 bits per heavy atom. The van der Waals surface area contributed by atoms with Crippen molar-refractivity contribution in [3.8, 4) is 0 Å². The molecule has 106 valence electrons. The molecule has 3 rings (SSSR count). The van der Waals surface area contributed by atoms with Gasteiger partial charge in [-0.2, -0.15) is 4.98 Å². The fourth-order valence-corrected chi connectivity index (χ4v) is 2.19. The Hall–Kier alpha value is -1.91. The largest absolute Gasteiger partial charge is 0.348 e. The molecule has 2 aromatic rings. The summed E-state index contributed by atoms with van der Waals surface area (Å²) in [7, 11) is 0. The number of hydrogen-bond donors (Lipinski definition) is 1. The molecule has 5 heteroatoms. The Morgan fingerprint density at radius 1 is 1.25 bits per heavy atom. The molecule has 1 N–H and O–H groups in total. The monoisotopic (exact) mass is 275 g/mol. The van der Waals surface area contributed by atoms with Crippen LogP contribution in [0.25, 0.3) is 0 Å². The summed E-state index contributed by atoms with van der Waals surface area (Å²) in [6.07, 6.45) is 1.00. The molecule has 1 fully saturated rings. The summed E-state index contributed by atoms with van der Waals surface area (Å²) in [5, 5.41) is 7.21. The van der Waals surface area contributed by atoms with Crippen LogP contribution in [0.4, 0.5) is 10.3 Å². The lowest BCUT2D eigenvalue weighted by Gasteiger charge is -2.10. The molecule has 0 bridgehead atoms. The van der Waals surface area contributed by atoms with Crippen molar-refractivity contribution in [2.24, 2.45) is 0 Å². The van der Waals surface area contributed by atoms with Crippen molar-refractivity contribution in [3.05, 3.63) is 41.5 Å². The number of aromatic nitrogens is 2. The fraction of sp³-hybridized carbons (Fsp3) is 0.467. The van der Waals surface area contributed by atoms with E-state index in [0.29, 0.717) is 23.8 Å². The standard InChI is InChI=1S/C15H18FN3O/c1-15(2,3)13-18-14(19-20-13)17-12-8-11(12)9-4-6-10(16)7-5-9/h4-7,11-12H,8H2,1-3H3,(H,17,19)/t11-,12+/m0/s1. The maximum absolute atomic E-state index is 12.9. The van der Waals surface area contributed by atoms with Gasteiger partial charge in [0.1, 0.15) is 5.82 Å². The first-order valence-corrected chi connectivity index (χ1v) is 6.80. The molecule has 1 heterocycles. The van der Waals surface area contributed by atoms with Gasteiger partial charge in [-0.15, -0.1) is 0 Å². The predicted molar refractivity (Wildman–Crippen MR) is 74.2 cm³/mol. The third-order valence-electron chi connectivity index (χ3n) is 3.47. The summed E-state index contributed by atoms with van der Waals surface area (Å²) < 4.78 is 18.1.